The highest BCUT2D eigenvalue weighted by atomic mass is 15.8. The number of rotatable bonds is 0. The Morgan fingerprint density at radius 3 is 2.00 bits per heavy atom. The first-order chi connectivity index (χ1) is 4.13. The quantitative estimate of drug-likeness (QED) is 0.452. The van der Waals surface area contributed by atoms with Crippen molar-refractivity contribution in [3.63, 3.8) is 0 Å². The van der Waals surface area contributed by atoms with Crippen molar-refractivity contribution < 1.29 is 0 Å². The molecular weight excluding hydrogens is 116 g/mol. The molecule has 54 valence electrons. The number of nitrogens with two attached hydrogens (primary N) is 1. The van der Waals surface area contributed by atoms with Crippen molar-refractivity contribution in [2.45, 2.75) is 6.29 Å². The number of hydrazine groups is 1. The molecule has 1 heterocycles. The van der Waals surface area contributed by atoms with Crippen LogP contribution in [0.3, 0.4) is 0 Å². The van der Waals surface area contributed by atoms with E-state index in [9.17, 15) is 0 Å². The van der Waals surface area contributed by atoms with E-state index in [1.807, 2.05) is 26.2 Å². The average Bonchev–Trinajstić information content (AvgIpc) is 1.98. The molecule has 1 aliphatic rings. The van der Waals surface area contributed by atoms with E-state index >= 15 is 0 Å². The van der Waals surface area contributed by atoms with Crippen LogP contribution in [0.1, 0.15) is 0 Å². The summed E-state index contributed by atoms with van der Waals surface area (Å²) >= 11 is 0. The smallest absolute Gasteiger partial charge is 0.128 e. The molecule has 0 saturated carbocycles. The molecule has 0 aromatic heterocycles. The van der Waals surface area contributed by atoms with Crippen molar-refractivity contribution in [3.05, 3.63) is 0 Å². The average molecular weight is 130 g/mol. The van der Waals surface area contributed by atoms with Crippen LogP contribution in [0.5, 0.6) is 0 Å². The Morgan fingerprint density at radius 2 is 1.89 bits per heavy atom. The van der Waals surface area contributed by atoms with Crippen LogP contribution < -0.4 is 5.73 Å². The molecule has 0 aliphatic carbocycles. The van der Waals surface area contributed by atoms with Crippen molar-refractivity contribution in [1.82, 2.24) is 14.9 Å². The van der Waals surface area contributed by atoms with Crippen molar-refractivity contribution in [3.8, 4) is 0 Å². The van der Waals surface area contributed by atoms with Gasteiger partial charge in [-0.15, -0.1) is 0 Å². The van der Waals surface area contributed by atoms with Gasteiger partial charge in [0.05, 0.1) is 6.67 Å². The van der Waals surface area contributed by atoms with Gasteiger partial charge in [0.1, 0.15) is 6.29 Å². The Bertz CT molecular complexity index is 93.1. The molecule has 0 aromatic carbocycles. The fourth-order valence-corrected chi connectivity index (χ4v) is 0.993. The molecular formula is C5H14N4. The lowest BCUT2D eigenvalue weighted by atomic mass is 10.7. The van der Waals surface area contributed by atoms with Gasteiger partial charge in [0.2, 0.25) is 0 Å². The second-order valence-electron chi connectivity index (χ2n) is 2.54. The fourth-order valence-electron chi connectivity index (χ4n) is 0.993. The van der Waals surface area contributed by atoms with Crippen LogP contribution in [-0.4, -0.2) is 49.0 Å². The molecule has 9 heavy (non-hydrogen) atoms. The maximum atomic E-state index is 5.72. The Labute approximate surface area is 55.8 Å². The molecule has 1 unspecified atom stereocenters. The molecule has 0 aromatic rings. The Morgan fingerprint density at radius 1 is 1.33 bits per heavy atom. The van der Waals surface area contributed by atoms with Gasteiger partial charge in [0.15, 0.2) is 0 Å². The zero-order valence-corrected chi connectivity index (χ0v) is 6.20. The van der Waals surface area contributed by atoms with Crippen molar-refractivity contribution in [1.29, 1.82) is 0 Å². The first kappa shape index (κ1) is 6.95. The highest BCUT2D eigenvalue weighted by molar-refractivity contribution is 4.65. The zero-order chi connectivity index (χ0) is 7.02. The summed E-state index contributed by atoms with van der Waals surface area (Å²) in [5.41, 5.74) is 5.72. The van der Waals surface area contributed by atoms with Crippen LogP contribution in [0.25, 0.3) is 0 Å². The number of nitrogens with zero attached hydrogens (tertiary/aromatic N) is 3. The Balaban J connectivity index is 2.54. The van der Waals surface area contributed by atoms with Crippen LogP contribution in [0.15, 0.2) is 0 Å². The van der Waals surface area contributed by atoms with E-state index in [1.54, 1.807) is 0 Å². The van der Waals surface area contributed by atoms with Crippen LogP contribution in [0, 0.1) is 0 Å². The second-order valence-corrected chi connectivity index (χ2v) is 2.54. The summed E-state index contributed by atoms with van der Waals surface area (Å²) in [7, 11) is 6.00. The summed E-state index contributed by atoms with van der Waals surface area (Å²) in [5, 5.41) is 4.07. The van der Waals surface area contributed by atoms with Gasteiger partial charge in [-0.3, -0.25) is 4.90 Å². The standard InChI is InChI=1S/C5H14N4/c1-7-4-8(2)9(3)5(7)6/h5H,4,6H2,1-3H3. The minimum absolute atomic E-state index is 0.0509. The van der Waals surface area contributed by atoms with Gasteiger partial charge < -0.3 is 5.73 Å². The molecule has 0 amide bonds. The van der Waals surface area contributed by atoms with E-state index < -0.39 is 0 Å². The van der Waals surface area contributed by atoms with Gasteiger partial charge in [0, 0.05) is 14.1 Å². The van der Waals surface area contributed by atoms with Crippen LogP contribution in [0.2, 0.25) is 0 Å². The van der Waals surface area contributed by atoms with E-state index in [0.29, 0.717) is 0 Å². The van der Waals surface area contributed by atoms with Crippen LogP contribution >= 0.6 is 0 Å². The van der Waals surface area contributed by atoms with E-state index in [0.717, 1.165) is 6.67 Å². The summed E-state index contributed by atoms with van der Waals surface area (Å²) in [6.07, 6.45) is 0.0509. The third-order valence-electron chi connectivity index (χ3n) is 1.80. The van der Waals surface area contributed by atoms with Crippen LogP contribution in [-0.2, 0) is 0 Å². The number of hydrogen-bond acceptors (Lipinski definition) is 4. The predicted octanol–water partition coefficient (Wildman–Crippen LogP) is -1.09. The van der Waals surface area contributed by atoms with Crippen molar-refractivity contribution >= 4 is 0 Å². The fraction of sp³-hybridized carbons (Fsp3) is 1.00. The molecule has 1 saturated heterocycles. The Kier molecular flexibility index (Phi) is 1.72. The molecule has 4 nitrogen and oxygen atoms in total. The largest absolute Gasteiger partial charge is 0.302 e. The SMILES string of the molecule is CN1CN(C)N(C)C1N. The van der Waals surface area contributed by atoms with Gasteiger partial charge in [-0.05, 0) is 7.05 Å². The minimum atomic E-state index is 0.0509. The predicted molar refractivity (Wildman–Crippen MR) is 36.1 cm³/mol. The normalized spacial score (nSPS) is 34.0. The lowest BCUT2D eigenvalue weighted by molar-refractivity contribution is 0.0500. The summed E-state index contributed by atoms with van der Waals surface area (Å²) < 4.78 is 0. The van der Waals surface area contributed by atoms with Gasteiger partial charge in [0.25, 0.3) is 0 Å². The molecule has 1 rings (SSSR count). The first-order valence-electron chi connectivity index (χ1n) is 3.02. The topological polar surface area (TPSA) is 35.7 Å². The monoisotopic (exact) mass is 130 g/mol. The van der Waals surface area contributed by atoms with Crippen molar-refractivity contribution in [2.24, 2.45) is 5.73 Å². The molecule has 1 aliphatic heterocycles. The van der Waals surface area contributed by atoms with Gasteiger partial charge in [-0.2, -0.15) is 0 Å². The molecule has 0 bridgehead atoms. The van der Waals surface area contributed by atoms with Gasteiger partial charge in [-0.25, -0.2) is 10.0 Å². The number of hydrogen-bond donors (Lipinski definition) is 1. The summed E-state index contributed by atoms with van der Waals surface area (Å²) in [6.45, 7) is 0.914. The highest BCUT2D eigenvalue weighted by Gasteiger charge is 2.26. The van der Waals surface area contributed by atoms with Gasteiger partial charge >= 0.3 is 0 Å². The maximum Gasteiger partial charge on any atom is 0.128 e. The molecule has 1 fully saturated rings. The highest BCUT2D eigenvalue weighted by Crippen LogP contribution is 2.07. The summed E-state index contributed by atoms with van der Waals surface area (Å²) in [4.78, 5) is 2.07. The maximum absolute atomic E-state index is 5.72. The van der Waals surface area contributed by atoms with Crippen LogP contribution in [0.4, 0.5) is 0 Å². The van der Waals surface area contributed by atoms with E-state index in [1.165, 1.54) is 0 Å². The van der Waals surface area contributed by atoms with Gasteiger partial charge in [-0.1, -0.05) is 0 Å². The summed E-state index contributed by atoms with van der Waals surface area (Å²) in [5.74, 6) is 0. The summed E-state index contributed by atoms with van der Waals surface area (Å²) in [6, 6.07) is 0. The Hall–Kier alpha value is -0.160. The van der Waals surface area contributed by atoms with Crippen molar-refractivity contribution in [2.75, 3.05) is 27.8 Å². The lowest BCUT2D eigenvalue weighted by Gasteiger charge is -2.21. The molecule has 0 radical (unpaired) electrons. The third-order valence-corrected chi connectivity index (χ3v) is 1.80. The van der Waals surface area contributed by atoms with E-state index in [2.05, 4.69) is 9.91 Å². The van der Waals surface area contributed by atoms with E-state index in [-0.39, 0.29) is 6.29 Å². The minimum Gasteiger partial charge on any atom is -0.302 e. The first-order valence-corrected chi connectivity index (χ1v) is 3.02. The molecule has 2 N–H and O–H groups in total. The molecule has 0 spiro atoms. The lowest BCUT2D eigenvalue weighted by Crippen LogP contribution is -2.44. The third kappa shape index (κ3) is 1.07. The second kappa shape index (κ2) is 2.22. The zero-order valence-electron chi connectivity index (χ0n) is 6.20. The van der Waals surface area contributed by atoms with E-state index in [4.69, 9.17) is 5.73 Å². The molecule has 4 heteroatoms. The molecule has 1 atom stereocenters.